The maximum atomic E-state index is 12.1. The normalized spacial score (nSPS) is 29.4. The second-order valence-corrected chi connectivity index (χ2v) is 6.55. The van der Waals surface area contributed by atoms with Gasteiger partial charge in [0.1, 0.15) is 0 Å². The number of nitrogens with zero attached hydrogens (tertiary/aromatic N) is 1. The number of amides is 1. The van der Waals surface area contributed by atoms with Crippen LogP contribution in [-0.4, -0.2) is 16.9 Å². The first-order valence-corrected chi connectivity index (χ1v) is 7.90. The zero-order valence-corrected chi connectivity index (χ0v) is 12.2. The van der Waals surface area contributed by atoms with Gasteiger partial charge in [0.15, 0.2) is 0 Å². The maximum Gasteiger partial charge on any atom is 0.220 e. The van der Waals surface area contributed by atoms with Gasteiger partial charge in [-0.05, 0) is 68.1 Å². The molecule has 4 atom stereocenters. The van der Waals surface area contributed by atoms with E-state index >= 15 is 0 Å². The van der Waals surface area contributed by atoms with Gasteiger partial charge in [-0.3, -0.25) is 9.78 Å². The second kappa shape index (κ2) is 5.94. The molecule has 2 saturated carbocycles. The summed E-state index contributed by atoms with van der Waals surface area (Å²) < 4.78 is 0. The first kappa shape index (κ1) is 13.6. The van der Waals surface area contributed by atoms with Gasteiger partial charge in [0.25, 0.3) is 0 Å². The molecule has 1 aromatic rings. The summed E-state index contributed by atoms with van der Waals surface area (Å²) in [7, 11) is 0. The zero-order valence-electron chi connectivity index (χ0n) is 12.2. The van der Waals surface area contributed by atoms with Crippen LogP contribution >= 0.6 is 0 Å². The second-order valence-electron chi connectivity index (χ2n) is 6.55. The molecular weight excluding hydrogens is 248 g/mol. The van der Waals surface area contributed by atoms with Crippen molar-refractivity contribution in [3.8, 4) is 0 Å². The van der Waals surface area contributed by atoms with Gasteiger partial charge in [0.05, 0.1) is 0 Å². The third-order valence-corrected chi connectivity index (χ3v) is 5.21. The van der Waals surface area contributed by atoms with Gasteiger partial charge in [-0.15, -0.1) is 0 Å². The quantitative estimate of drug-likeness (QED) is 0.895. The van der Waals surface area contributed by atoms with E-state index in [1.54, 1.807) is 12.4 Å². The molecule has 1 heterocycles. The van der Waals surface area contributed by atoms with Crippen molar-refractivity contribution < 1.29 is 4.79 Å². The monoisotopic (exact) mass is 272 g/mol. The third kappa shape index (κ3) is 3.02. The Bertz CT molecular complexity index is 459. The summed E-state index contributed by atoms with van der Waals surface area (Å²) in [6.45, 7) is 2.19. The molecule has 3 nitrogen and oxygen atoms in total. The Morgan fingerprint density at radius 3 is 2.80 bits per heavy atom. The van der Waals surface area contributed by atoms with Gasteiger partial charge >= 0.3 is 0 Å². The summed E-state index contributed by atoms with van der Waals surface area (Å²) in [5.74, 6) is 2.73. The van der Waals surface area contributed by atoms with Crippen molar-refractivity contribution in [2.45, 2.75) is 51.5 Å². The summed E-state index contributed by atoms with van der Waals surface area (Å²) in [5, 5.41) is 3.22. The average molecular weight is 272 g/mol. The number of hydrogen-bond donors (Lipinski definition) is 1. The molecule has 0 unspecified atom stereocenters. The number of hydrogen-bond acceptors (Lipinski definition) is 2. The summed E-state index contributed by atoms with van der Waals surface area (Å²) in [5.41, 5.74) is 1.18. The molecule has 0 radical (unpaired) electrons. The van der Waals surface area contributed by atoms with Crippen LogP contribution in [0.5, 0.6) is 0 Å². The molecule has 0 spiro atoms. The molecule has 2 aliphatic rings. The largest absolute Gasteiger partial charge is 0.353 e. The van der Waals surface area contributed by atoms with E-state index in [4.69, 9.17) is 0 Å². The first-order chi connectivity index (χ1) is 9.72. The van der Waals surface area contributed by atoms with Crippen LogP contribution in [0.4, 0.5) is 0 Å². The van der Waals surface area contributed by atoms with Gasteiger partial charge in [-0.25, -0.2) is 0 Å². The van der Waals surface area contributed by atoms with E-state index in [1.807, 2.05) is 12.1 Å². The highest BCUT2D eigenvalue weighted by Gasteiger charge is 2.41. The standard InChI is InChI=1S/C17H24N2O/c1-12(16-11-14-2-4-15(16)10-14)19-17(20)5-3-13-6-8-18-9-7-13/h6-9,12,14-16H,2-5,10-11H2,1H3,(H,19,20)/t12-,14-,15-,16+/m0/s1. The first-order valence-electron chi connectivity index (χ1n) is 7.90. The van der Waals surface area contributed by atoms with Crippen LogP contribution in [0.15, 0.2) is 24.5 Å². The van der Waals surface area contributed by atoms with Crippen LogP contribution in [-0.2, 0) is 11.2 Å². The van der Waals surface area contributed by atoms with E-state index in [9.17, 15) is 4.79 Å². The Kier molecular flexibility index (Phi) is 4.04. The molecule has 1 aromatic heterocycles. The zero-order chi connectivity index (χ0) is 13.9. The van der Waals surface area contributed by atoms with Crippen LogP contribution in [0.25, 0.3) is 0 Å². The molecule has 108 valence electrons. The van der Waals surface area contributed by atoms with Crippen molar-refractivity contribution in [1.82, 2.24) is 10.3 Å². The van der Waals surface area contributed by atoms with Crippen molar-refractivity contribution in [2.24, 2.45) is 17.8 Å². The fourth-order valence-corrected chi connectivity index (χ4v) is 4.15. The average Bonchev–Trinajstić information content (AvgIpc) is 3.09. The number of rotatable bonds is 5. The Hall–Kier alpha value is -1.38. The molecule has 1 N–H and O–H groups in total. The van der Waals surface area contributed by atoms with Crippen LogP contribution < -0.4 is 5.32 Å². The number of fused-ring (bicyclic) bond motifs is 2. The predicted octanol–water partition coefficient (Wildman–Crippen LogP) is 2.96. The molecule has 2 aliphatic carbocycles. The van der Waals surface area contributed by atoms with Gasteiger partial charge in [-0.1, -0.05) is 6.42 Å². The Morgan fingerprint density at radius 2 is 2.15 bits per heavy atom. The minimum Gasteiger partial charge on any atom is -0.353 e. The van der Waals surface area contributed by atoms with Crippen molar-refractivity contribution in [2.75, 3.05) is 0 Å². The van der Waals surface area contributed by atoms with Crippen LogP contribution in [0.2, 0.25) is 0 Å². The van der Waals surface area contributed by atoms with E-state index in [1.165, 1.54) is 31.2 Å². The summed E-state index contributed by atoms with van der Waals surface area (Å²) in [4.78, 5) is 16.1. The van der Waals surface area contributed by atoms with Gasteiger partial charge in [0.2, 0.25) is 5.91 Å². The lowest BCUT2D eigenvalue weighted by Gasteiger charge is -2.28. The number of pyridine rings is 1. The smallest absolute Gasteiger partial charge is 0.220 e. The lowest BCUT2D eigenvalue weighted by Crippen LogP contribution is -2.40. The molecule has 0 aliphatic heterocycles. The highest BCUT2D eigenvalue weighted by molar-refractivity contribution is 5.76. The molecule has 0 aromatic carbocycles. The van der Waals surface area contributed by atoms with Gasteiger partial charge in [-0.2, -0.15) is 0 Å². The van der Waals surface area contributed by atoms with Gasteiger partial charge in [0, 0.05) is 24.9 Å². The fourth-order valence-electron chi connectivity index (χ4n) is 4.15. The summed E-state index contributed by atoms with van der Waals surface area (Å²) in [6, 6.07) is 4.30. The van der Waals surface area contributed by atoms with Crippen LogP contribution in [0.3, 0.4) is 0 Å². The predicted molar refractivity (Wildman–Crippen MR) is 79.1 cm³/mol. The molecular formula is C17H24N2O. The minimum atomic E-state index is 0.192. The van der Waals surface area contributed by atoms with Crippen molar-refractivity contribution in [3.05, 3.63) is 30.1 Å². The molecule has 2 bridgehead atoms. The van der Waals surface area contributed by atoms with E-state index < -0.39 is 0 Å². The Labute approximate surface area is 121 Å². The highest BCUT2D eigenvalue weighted by atomic mass is 16.1. The third-order valence-electron chi connectivity index (χ3n) is 5.21. The molecule has 3 heteroatoms. The minimum absolute atomic E-state index is 0.192. The Balaban J connectivity index is 1.44. The van der Waals surface area contributed by atoms with Crippen LogP contribution in [0, 0.1) is 17.8 Å². The summed E-state index contributed by atoms with van der Waals surface area (Å²) >= 11 is 0. The van der Waals surface area contributed by atoms with E-state index in [-0.39, 0.29) is 5.91 Å². The topological polar surface area (TPSA) is 42.0 Å². The number of aromatic nitrogens is 1. The molecule has 3 rings (SSSR count). The maximum absolute atomic E-state index is 12.1. The fraction of sp³-hybridized carbons (Fsp3) is 0.647. The molecule has 20 heavy (non-hydrogen) atoms. The SMILES string of the molecule is C[C@H](NC(=O)CCc1ccncc1)[C@H]1C[C@H]2CC[C@H]1C2. The van der Waals surface area contributed by atoms with E-state index in [0.29, 0.717) is 12.5 Å². The van der Waals surface area contributed by atoms with Crippen molar-refractivity contribution in [3.63, 3.8) is 0 Å². The summed E-state index contributed by atoms with van der Waals surface area (Å²) in [6.07, 6.45) is 10.5. The van der Waals surface area contributed by atoms with E-state index in [0.717, 1.165) is 24.2 Å². The van der Waals surface area contributed by atoms with Gasteiger partial charge < -0.3 is 5.32 Å². The van der Waals surface area contributed by atoms with Crippen molar-refractivity contribution >= 4 is 5.91 Å². The number of carbonyl (C=O) groups is 1. The molecule has 0 saturated heterocycles. The number of carbonyl (C=O) groups excluding carboxylic acids is 1. The molecule has 2 fully saturated rings. The Morgan fingerprint density at radius 1 is 1.35 bits per heavy atom. The van der Waals surface area contributed by atoms with Crippen molar-refractivity contribution in [1.29, 1.82) is 0 Å². The van der Waals surface area contributed by atoms with Crippen LogP contribution in [0.1, 0.15) is 44.6 Å². The number of nitrogens with one attached hydrogen (secondary N) is 1. The molecule has 1 amide bonds. The number of aryl methyl sites for hydroxylation is 1. The van der Waals surface area contributed by atoms with E-state index in [2.05, 4.69) is 17.2 Å². The lowest BCUT2D eigenvalue weighted by molar-refractivity contribution is -0.122. The lowest BCUT2D eigenvalue weighted by atomic mass is 9.84. The highest BCUT2D eigenvalue weighted by Crippen LogP contribution is 2.49.